The van der Waals surface area contributed by atoms with Gasteiger partial charge in [-0.15, -0.1) is 0 Å². The Bertz CT molecular complexity index is 138. The minimum absolute atomic E-state index is 0.212. The van der Waals surface area contributed by atoms with Crippen LogP contribution in [0.2, 0.25) is 0 Å². The lowest BCUT2D eigenvalue weighted by Crippen LogP contribution is -2.36. The predicted molar refractivity (Wildman–Crippen MR) is 40.0 cm³/mol. The lowest BCUT2D eigenvalue weighted by Gasteiger charge is -2.19. The van der Waals surface area contributed by atoms with Crippen LogP contribution in [0.25, 0.3) is 0 Å². The van der Waals surface area contributed by atoms with E-state index in [-0.39, 0.29) is 12.6 Å². The highest BCUT2D eigenvalue weighted by atomic mass is 16.7. The first-order valence-corrected chi connectivity index (χ1v) is 3.75. The van der Waals surface area contributed by atoms with E-state index in [1.807, 2.05) is 13.8 Å². The average Bonchev–Trinajstić information content (AvgIpc) is 2.29. The summed E-state index contributed by atoms with van der Waals surface area (Å²) in [5, 5.41) is 9.26. The number of nitrogens with two attached hydrogens (primary N) is 1. The van der Waals surface area contributed by atoms with Crippen LogP contribution in [0.5, 0.6) is 0 Å². The van der Waals surface area contributed by atoms with E-state index in [1.165, 1.54) is 0 Å². The molecule has 1 aliphatic heterocycles. The zero-order valence-corrected chi connectivity index (χ0v) is 6.91. The van der Waals surface area contributed by atoms with Gasteiger partial charge in [0.15, 0.2) is 5.79 Å². The number of ether oxygens (including phenoxy) is 2. The summed E-state index contributed by atoms with van der Waals surface area (Å²) in [5.74, 6) is -0.569. The molecule has 1 aliphatic rings. The minimum Gasteiger partial charge on any atom is -0.389 e. The standard InChI is InChI=1S/C7H15NO3/c1-7(2)10-4-6(11-7)5(9)3-8/h5-6,9H,3-4,8H2,1-2H3/t5-,6?/m0/s1. The van der Waals surface area contributed by atoms with Gasteiger partial charge in [0, 0.05) is 6.54 Å². The summed E-state index contributed by atoms with van der Waals surface area (Å²) < 4.78 is 10.6. The van der Waals surface area contributed by atoms with Crippen molar-refractivity contribution >= 4 is 0 Å². The fraction of sp³-hybridized carbons (Fsp3) is 1.00. The monoisotopic (exact) mass is 161 g/mol. The molecule has 2 atom stereocenters. The smallest absolute Gasteiger partial charge is 0.163 e. The second-order valence-electron chi connectivity index (χ2n) is 3.17. The van der Waals surface area contributed by atoms with Gasteiger partial charge >= 0.3 is 0 Å². The Kier molecular flexibility index (Phi) is 2.49. The van der Waals surface area contributed by atoms with Crippen LogP contribution in [-0.2, 0) is 9.47 Å². The van der Waals surface area contributed by atoms with Gasteiger partial charge in [-0.05, 0) is 13.8 Å². The minimum atomic E-state index is -0.614. The fourth-order valence-corrected chi connectivity index (χ4v) is 1.06. The third-order valence-electron chi connectivity index (χ3n) is 1.70. The number of aliphatic hydroxyl groups is 1. The predicted octanol–water partition coefficient (Wildman–Crippen LogP) is -0.542. The highest BCUT2D eigenvalue weighted by molar-refractivity contribution is 4.77. The Morgan fingerprint density at radius 3 is 2.73 bits per heavy atom. The molecule has 3 N–H and O–H groups in total. The van der Waals surface area contributed by atoms with Crippen molar-refractivity contribution < 1.29 is 14.6 Å². The van der Waals surface area contributed by atoms with Gasteiger partial charge in [0.2, 0.25) is 0 Å². The van der Waals surface area contributed by atoms with Crippen molar-refractivity contribution in [1.29, 1.82) is 0 Å². The molecule has 1 unspecified atom stereocenters. The average molecular weight is 161 g/mol. The maximum atomic E-state index is 9.26. The van der Waals surface area contributed by atoms with Crippen LogP contribution in [0.3, 0.4) is 0 Å². The first-order chi connectivity index (χ1) is 5.05. The normalized spacial score (nSPS) is 32.2. The fourth-order valence-electron chi connectivity index (χ4n) is 1.06. The van der Waals surface area contributed by atoms with Crippen LogP contribution in [0.1, 0.15) is 13.8 Å². The maximum absolute atomic E-state index is 9.26. The molecule has 1 saturated heterocycles. The second-order valence-corrected chi connectivity index (χ2v) is 3.17. The summed E-state index contributed by atoms with van der Waals surface area (Å²) in [6, 6.07) is 0. The molecule has 4 nitrogen and oxygen atoms in total. The summed E-state index contributed by atoms with van der Waals surface area (Å²) in [4.78, 5) is 0. The van der Waals surface area contributed by atoms with E-state index < -0.39 is 11.9 Å². The number of hydrogen-bond acceptors (Lipinski definition) is 4. The Labute approximate surface area is 66.3 Å². The van der Waals surface area contributed by atoms with Crippen LogP contribution < -0.4 is 5.73 Å². The van der Waals surface area contributed by atoms with Crippen molar-refractivity contribution in [3.05, 3.63) is 0 Å². The van der Waals surface area contributed by atoms with E-state index in [1.54, 1.807) is 0 Å². The molecular formula is C7H15NO3. The molecule has 0 aromatic heterocycles. The van der Waals surface area contributed by atoms with E-state index in [0.717, 1.165) is 0 Å². The van der Waals surface area contributed by atoms with Gasteiger partial charge in [0.05, 0.1) is 12.7 Å². The van der Waals surface area contributed by atoms with Crippen molar-refractivity contribution in [2.24, 2.45) is 5.73 Å². The van der Waals surface area contributed by atoms with Crippen LogP contribution in [0, 0.1) is 0 Å². The molecule has 0 amide bonds. The van der Waals surface area contributed by atoms with Gasteiger partial charge in [-0.25, -0.2) is 0 Å². The molecule has 0 aromatic carbocycles. The van der Waals surface area contributed by atoms with Gasteiger partial charge in [-0.1, -0.05) is 0 Å². The zero-order chi connectivity index (χ0) is 8.48. The molecule has 0 saturated carbocycles. The zero-order valence-electron chi connectivity index (χ0n) is 6.91. The Hall–Kier alpha value is -0.160. The van der Waals surface area contributed by atoms with Gasteiger partial charge in [0.25, 0.3) is 0 Å². The lowest BCUT2D eigenvalue weighted by molar-refractivity contribution is -0.150. The Balaban J connectivity index is 2.41. The molecule has 0 bridgehead atoms. The number of aliphatic hydroxyl groups excluding tert-OH is 1. The van der Waals surface area contributed by atoms with Crippen molar-refractivity contribution in [3.63, 3.8) is 0 Å². The Morgan fingerprint density at radius 1 is 1.73 bits per heavy atom. The molecule has 0 spiro atoms. The van der Waals surface area contributed by atoms with Crippen molar-refractivity contribution in [3.8, 4) is 0 Å². The molecule has 1 heterocycles. The summed E-state index contributed by atoms with van der Waals surface area (Å²) in [7, 11) is 0. The van der Waals surface area contributed by atoms with E-state index >= 15 is 0 Å². The van der Waals surface area contributed by atoms with Crippen LogP contribution in [0.15, 0.2) is 0 Å². The van der Waals surface area contributed by atoms with E-state index in [4.69, 9.17) is 15.2 Å². The maximum Gasteiger partial charge on any atom is 0.163 e. The SMILES string of the molecule is CC1(C)OCC([C@@H](O)CN)O1. The molecule has 4 heteroatoms. The highest BCUT2D eigenvalue weighted by Crippen LogP contribution is 2.23. The van der Waals surface area contributed by atoms with Gasteiger partial charge in [0.1, 0.15) is 6.10 Å². The molecule has 0 aliphatic carbocycles. The molecular weight excluding hydrogens is 146 g/mol. The van der Waals surface area contributed by atoms with E-state index in [0.29, 0.717) is 6.61 Å². The summed E-state index contributed by atoms with van der Waals surface area (Å²) >= 11 is 0. The molecule has 11 heavy (non-hydrogen) atoms. The third-order valence-corrected chi connectivity index (χ3v) is 1.70. The first-order valence-electron chi connectivity index (χ1n) is 3.75. The number of hydrogen-bond donors (Lipinski definition) is 2. The van der Waals surface area contributed by atoms with Crippen molar-refractivity contribution in [2.75, 3.05) is 13.2 Å². The number of rotatable bonds is 2. The van der Waals surface area contributed by atoms with E-state index in [9.17, 15) is 5.11 Å². The Morgan fingerprint density at radius 2 is 2.36 bits per heavy atom. The highest BCUT2D eigenvalue weighted by Gasteiger charge is 2.35. The lowest BCUT2D eigenvalue weighted by atomic mass is 10.2. The quantitative estimate of drug-likeness (QED) is 0.570. The van der Waals surface area contributed by atoms with Crippen LogP contribution >= 0.6 is 0 Å². The summed E-state index contributed by atoms with van der Waals surface area (Å²) in [6.07, 6.45) is -0.883. The van der Waals surface area contributed by atoms with Crippen LogP contribution in [0.4, 0.5) is 0 Å². The third kappa shape index (κ3) is 2.13. The van der Waals surface area contributed by atoms with E-state index in [2.05, 4.69) is 0 Å². The first kappa shape index (κ1) is 8.93. The van der Waals surface area contributed by atoms with Gasteiger partial charge in [-0.3, -0.25) is 0 Å². The van der Waals surface area contributed by atoms with Crippen LogP contribution in [-0.4, -0.2) is 36.3 Å². The molecule has 0 aromatic rings. The largest absolute Gasteiger partial charge is 0.389 e. The molecule has 66 valence electrons. The van der Waals surface area contributed by atoms with Gasteiger partial charge in [-0.2, -0.15) is 0 Å². The summed E-state index contributed by atoms with van der Waals surface area (Å²) in [6.45, 7) is 4.27. The molecule has 0 radical (unpaired) electrons. The van der Waals surface area contributed by atoms with Crippen molar-refractivity contribution in [1.82, 2.24) is 0 Å². The van der Waals surface area contributed by atoms with Gasteiger partial charge < -0.3 is 20.3 Å². The topological polar surface area (TPSA) is 64.7 Å². The summed E-state index contributed by atoms with van der Waals surface area (Å²) in [5.41, 5.74) is 5.25. The van der Waals surface area contributed by atoms with Crippen molar-refractivity contribution in [2.45, 2.75) is 31.8 Å². The molecule has 1 fully saturated rings. The second kappa shape index (κ2) is 3.06. The molecule has 1 rings (SSSR count).